The molecule has 4 aromatic rings. The van der Waals surface area contributed by atoms with Crippen molar-refractivity contribution in [3.63, 3.8) is 0 Å². The first-order valence-corrected chi connectivity index (χ1v) is 12.1. The maximum atomic E-state index is 9.84. The van der Waals surface area contributed by atoms with Crippen molar-refractivity contribution in [2.24, 2.45) is 0 Å². The van der Waals surface area contributed by atoms with Crippen LogP contribution in [-0.2, 0) is 11.3 Å². The summed E-state index contributed by atoms with van der Waals surface area (Å²) < 4.78 is 11.7. The Balaban J connectivity index is 1.44. The summed E-state index contributed by atoms with van der Waals surface area (Å²) in [7, 11) is 0. The molecule has 0 atom stereocenters. The monoisotopic (exact) mass is 464 g/mol. The SMILES string of the molecule is OCC/C(=C(\c1ccccc1)c1ccc(OCCCOCc2ccccc2)cc1)c1ccccc1. The summed E-state index contributed by atoms with van der Waals surface area (Å²) in [4.78, 5) is 0. The van der Waals surface area contributed by atoms with Gasteiger partial charge in [-0.2, -0.15) is 0 Å². The minimum Gasteiger partial charge on any atom is -0.494 e. The van der Waals surface area contributed by atoms with Crippen LogP contribution in [0.2, 0.25) is 0 Å². The van der Waals surface area contributed by atoms with Gasteiger partial charge in [0.2, 0.25) is 0 Å². The van der Waals surface area contributed by atoms with Crippen LogP contribution in [0.3, 0.4) is 0 Å². The third kappa shape index (κ3) is 7.16. The number of benzene rings is 4. The first kappa shape index (κ1) is 24.5. The largest absolute Gasteiger partial charge is 0.494 e. The van der Waals surface area contributed by atoms with E-state index in [0.29, 0.717) is 26.2 Å². The number of hydrogen-bond acceptors (Lipinski definition) is 3. The van der Waals surface area contributed by atoms with Crippen LogP contribution < -0.4 is 4.74 Å². The van der Waals surface area contributed by atoms with Gasteiger partial charge >= 0.3 is 0 Å². The highest BCUT2D eigenvalue weighted by molar-refractivity contribution is 5.98. The summed E-state index contributed by atoms with van der Waals surface area (Å²) in [5.41, 5.74) is 6.79. The van der Waals surface area contributed by atoms with Gasteiger partial charge in [-0.3, -0.25) is 0 Å². The van der Waals surface area contributed by atoms with Gasteiger partial charge in [0.1, 0.15) is 5.75 Å². The van der Waals surface area contributed by atoms with E-state index in [1.54, 1.807) is 0 Å². The van der Waals surface area contributed by atoms with Crippen LogP contribution in [0.5, 0.6) is 5.75 Å². The molecule has 0 aromatic heterocycles. The van der Waals surface area contributed by atoms with Gasteiger partial charge in [0.25, 0.3) is 0 Å². The van der Waals surface area contributed by atoms with E-state index in [0.717, 1.165) is 40.0 Å². The third-order valence-corrected chi connectivity index (χ3v) is 5.80. The average molecular weight is 465 g/mol. The smallest absolute Gasteiger partial charge is 0.119 e. The number of aliphatic hydroxyl groups is 1. The van der Waals surface area contributed by atoms with Crippen molar-refractivity contribution in [2.75, 3.05) is 19.8 Å². The summed E-state index contributed by atoms with van der Waals surface area (Å²) in [6.45, 7) is 1.99. The fraction of sp³-hybridized carbons (Fsp3) is 0.188. The van der Waals surface area contributed by atoms with Gasteiger partial charge in [-0.1, -0.05) is 103 Å². The molecule has 0 saturated carbocycles. The van der Waals surface area contributed by atoms with Gasteiger partial charge in [0.15, 0.2) is 0 Å². The summed E-state index contributed by atoms with van der Waals surface area (Å²) >= 11 is 0. The molecule has 3 nitrogen and oxygen atoms in total. The molecule has 0 amide bonds. The maximum Gasteiger partial charge on any atom is 0.119 e. The molecule has 0 saturated heterocycles. The Hall–Kier alpha value is -3.66. The fourth-order valence-electron chi connectivity index (χ4n) is 4.12. The lowest BCUT2D eigenvalue weighted by Crippen LogP contribution is -2.03. The van der Waals surface area contributed by atoms with Crippen molar-refractivity contribution in [1.29, 1.82) is 0 Å². The molecule has 35 heavy (non-hydrogen) atoms. The van der Waals surface area contributed by atoms with Gasteiger partial charge in [-0.25, -0.2) is 0 Å². The van der Waals surface area contributed by atoms with Crippen LogP contribution in [0.1, 0.15) is 35.1 Å². The number of hydrogen-bond donors (Lipinski definition) is 1. The van der Waals surface area contributed by atoms with Gasteiger partial charge in [-0.05, 0) is 52.0 Å². The molecule has 4 aromatic carbocycles. The maximum absolute atomic E-state index is 9.84. The lowest BCUT2D eigenvalue weighted by atomic mass is 9.88. The normalized spacial score (nSPS) is 11.7. The molecule has 178 valence electrons. The zero-order valence-electron chi connectivity index (χ0n) is 20.0. The highest BCUT2D eigenvalue weighted by Gasteiger charge is 2.14. The summed E-state index contributed by atoms with van der Waals surface area (Å²) in [6, 6.07) is 39.1. The topological polar surface area (TPSA) is 38.7 Å². The Morgan fingerprint density at radius 2 is 1.17 bits per heavy atom. The zero-order chi connectivity index (χ0) is 24.1. The van der Waals surface area contributed by atoms with Crippen LogP contribution in [-0.4, -0.2) is 24.9 Å². The first-order valence-electron chi connectivity index (χ1n) is 12.1. The fourth-order valence-corrected chi connectivity index (χ4v) is 4.12. The second-order valence-corrected chi connectivity index (χ2v) is 8.32. The molecular formula is C32H32O3. The van der Waals surface area contributed by atoms with Gasteiger partial charge in [0.05, 0.1) is 19.8 Å². The zero-order valence-corrected chi connectivity index (χ0v) is 20.0. The Labute approximate surface area is 208 Å². The Morgan fingerprint density at radius 1 is 0.600 bits per heavy atom. The molecule has 0 unspecified atom stereocenters. The minimum atomic E-state index is 0.0914. The molecule has 1 N–H and O–H groups in total. The molecule has 0 radical (unpaired) electrons. The first-order chi connectivity index (χ1) is 17.3. The average Bonchev–Trinajstić information content (AvgIpc) is 2.93. The van der Waals surface area contributed by atoms with E-state index in [1.807, 2.05) is 66.7 Å². The van der Waals surface area contributed by atoms with E-state index in [-0.39, 0.29) is 6.61 Å². The standard InChI is InChI=1S/C32H32O3/c33-22-21-31(27-13-6-2-7-14-27)32(28-15-8-3-9-16-28)29-17-19-30(20-18-29)35-24-10-23-34-25-26-11-4-1-5-12-26/h1-9,11-20,33H,10,21-25H2/b32-31-. The van der Waals surface area contributed by atoms with Crippen molar-refractivity contribution in [1.82, 2.24) is 0 Å². The summed E-state index contributed by atoms with van der Waals surface area (Å²) in [5.74, 6) is 0.840. The van der Waals surface area contributed by atoms with E-state index < -0.39 is 0 Å². The van der Waals surface area contributed by atoms with Crippen LogP contribution in [0.25, 0.3) is 11.1 Å². The summed E-state index contributed by atoms with van der Waals surface area (Å²) in [6.07, 6.45) is 1.41. The molecule has 3 heteroatoms. The van der Waals surface area contributed by atoms with Gasteiger partial charge in [0, 0.05) is 13.0 Å². The van der Waals surface area contributed by atoms with Crippen LogP contribution >= 0.6 is 0 Å². The number of rotatable bonds is 12. The van der Waals surface area contributed by atoms with Crippen molar-refractivity contribution >= 4 is 11.1 Å². The molecule has 0 aliphatic carbocycles. The second kappa shape index (κ2) is 13.3. The summed E-state index contributed by atoms with van der Waals surface area (Å²) in [5, 5.41) is 9.84. The van der Waals surface area contributed by atoms with E-state index in [2.05, 4.69) is 48.5 Å². The van der Waals surface area contributed by atoms with E-state index in [9.17, 15) is 5.11 Å². The van der Waals surface area contributed by atoms with Crippen LogP contribution in [0.15, 0.2) is 115 Å². The highest BCUT2D eigenvalue weighted by Crippen LogP contribution is 2.34. The van der Waals surface area contributed by atoms with E-state index in [4.69, 9.17) is 9.47 Å². The quantitative estimate of drug-likeness (QED) is 0.181. The third-order valence-electron chi connectivity index (χ3n) is 5.80. The Bertz CT molecular complexity index is 1170. The second-order valence-electron chi connectivity index (χ2n) is 8.32. The molecular weight excluding hydrogens is 432 g/mol. The van der Waals surface area contributed by atoms with Crippen molar-refractivity contribution in [2.45, 2.75) is 19.4 Å². The lowest BCUT2D eigenvalue weighted by Gasteiger charge is -2.17. The number of ether oxygens (including phenoxy) is 2. The molecule has 0 fully saturated rings. The Morgan fingerprint density at radius 3 is 1.80 bits per heavy atom. The molecule has 0 aliphatic rings. The lowest BCUT2D eigenvalue weighted by molar-refractivity contribution is 0.107. The predicted octanol–water partition coefficient (Wildman–Crippen LogP) is 7.01. The minimum absolute atomic E-state index is 0.0914. The van der Waals surface area contributed by atoms with Gasteiger partial charge < -0.3 is 14.6 Å². The van der Waals surface area contributed by atoms with Crippen molar-refractivity contribution in [3.05, 3.63) is 138 Å². The predicted molar refractivity (Wildman–Crippen MR) is 143 cm³/mol. The van der Waals surface area contributed by atoms with Gasteiger partial charge in [-0.15, -0.1) is 0 Å². The van der Waals surface area contributed by atoms with Crippen molar-refractivity contribution < 1.29 is 14.6 Å². The molecule has 0 aliphatic heterocycles. The number of aliphatic hydroxyl groups excluding tert-OH is 1. The molecule has 0 heterocycles. The van der Waals surface area contributed by atoms with Crippen LogP contribution in [0.4, 0.5) is 0 Å². The van der Waals surface area contributed by atoms with Crippen LogP contribution in [0, 0.1) is 0 Å². The molecule has 4 rings (SSSR count). The van der Waals surface area contributed by atoms with E-state index in [1.165, 1.54) is 5.56 Å². The molecule has 0 spiro atoms. The van der Waals surface area contributed by atoms with Crippen molar-refractivity contribution in [3.8, 4) is 5.75 Å². The van der Waals surface area contributed by atoms with E-state index >= 15 is 0 Å². The Kier molecular flexibility index (Phi) is 9.29. The highest BCUT2D eigenvalue weighted by atomic mass is 16.5. The molecule has 0 bridgehead atoms.